The van der Waals surface area contributed by atoms with Gasteiger partial charge in [-0.25, -0.2) is 9.79 Å². The van der Waals surface area contributed by atoms with Crippen molar-refractivity contribution >= 4 is 69.8 Å². The van der Waals surface area contributed by atoms with Gasteiger partial charge in [-0.1, -0.05) is 63.8 Å². The van der Waals surface area contributed by atoms with Gasteiger partial charge in [-0.05, 0) is 61.5 Å². The van der Waals surface area contributed by atoms with Gasteiger partial charge in [0.15, 0.2) is 4.80 Å². The Hall–Kier alpha value is -3.27. The van der Waals surface area contributed by atoms with Crippen molar-refractivity contribution in [2.24, 2.45) is 4.99 Å². The van der Waals surface area contributed by atoms with E-state index in [0.717, 1.165) is 16.9 Å². The molecule has 5 rings (SSSR count). The van der Waals surface area contributed by atoms with E-state index in [9.17, 15) is 9.59 Å². The molecule has 1 aromatic heterocycles. The lowest BCUT2D eigenvalue weighted by atomic mass is 9.95. The molecule has 0 bridgehead atoms. The summed E-state index contributed by atoms with van der Waals surface area (Å²) in [6, 6.07) is 14.4. The highest BCUT2D eigenvalue weighted by Crippen LogP contribution is 2.37. The van der Waals surface area contributed by atoms with Gasteiger partial charge in [0.2, 0.25) is 0 Å². The topological polar surface area (TPSA) is 79.1 Å². The number of esters is 1. The van der Waals surface area contributed by atoms with Gasteiger partial charge in [0.25, 0.3) is 5.56 Å². The lowest BCUT2D eigenvalue weighted by Gasteiger charge is -2.25. The summed E-state index contributed by atoms with van der Waals surface area (Å²) in [6.45, 7) is 1.86. The molecular formula is C30H22Cl4N2O5S. The second kappa shape index (κ2) is 12.5. The maximum atomic E-state index is 14.0. The molecule has 1 atom stereocenters. The van der Waals surface area contributed by atoms with Gasteiger partial charge in [-0.2, -0.15) is 0 Å². The summed E-state index contributed by atoms with van der Waals surface area (Å²) in [5.74, 6) is 0.307. The van der Waals surface area contributed by atoms with Gasteiger partial charge in [0.1, 0.15) is 24.1 Å². The molecule has 0 radical (unpaired) electrons. The maximum Gasteiger partial charge on any atom is 0.338 e. The summed E-state index contributed by atoms with van der Waals surface area (Å²) in [7, 11) is 2.78. The molecule has 0 amide bonds. The Balaban J connectivity index is 1.65. The number of allylic oxidation sites excluding steroid dienone is 1. The van der Waals surface area contributed by atoms with Gasteiger partial charge < -0.3 is 14.2 Å². The summed E-state index contributed by atoms with van der Waals surface area (Å²) in [4.78, 5) is 32.0. The number of hydrogen-bond acceptors (Lipinski definition) is 7. The van der Waals surface area contributed by atoms with Crippen molar-refractivity contribution in [1.29, 1.82) is 0 Å². The SMILES string of the molecule is COC(=O)C1=C(C)N=c2s/c(=C\c3cc(Cl)ccc3OCc3ccc(Cl)cc3Cl)c(=O)n2[C@@H]1c1cc(Cl)ccc1OC. The van der Waals surface area contributed by atoms with Gasteiger partial charge in [0.05, 0.1) is 30.0 Å². The van der Waals surface area contributed by atoms with Crippen LogP contribution in [0.1, 0.15) is 29.7 Å². The van der Waals surface area contributed by atoms with Crippen molar-refractivity contribution < 1.29 is 19.0 Å². The van der Waals surface area contributed by atoms with E-state index in [1.807, 2.05) is 0 Å². The van der Waals surface area contributed by atoms with Crippen LogP contribution in [0, 0.1) is 0 Å². The smallest absolute Gasteiger partial charge is 0.338 e. The minimum Gasteiger partial charge on any atom is -0.496 e. The van der Waals surface area contributed by atoms with Crippen molar-refractivity contribution in [3.63, 3.8) is 0 Å². The van der Waals surface area contributed by atoms with Crippen LogP contribution in [0.15, 0.2) is 75.7 Å². The zero-order valence-electron chi connectivity index (χ0n) is 22.4. The molecule has 216 valence electrons. The minimum absolute atomic E-state index is 0.163. The zero-order chi connectivity index (χ0) is 30.1. The second-order valence-electron chi connectivity index (χ2n) is 9.17. The highest BCUT2D eigenvalue weighted by atomic mass is 35.5. The van der Waals surface area contributed by atoms with Crippen LogP contribution >= 0.6 is 57.7 Å². The van der Waals surface area contributed by atoms with E-state index in [4.69, 9.17) is 60.6 Å². The van der Waals surface area contributed by atoms with Gasteiger partial charge in [0, 0.05) is 36.8 Å². The molecule has 0 fully saturated rings. The molecule has 2 heterocycles. The van der Waals surface area contributed by atoms with Gasteiger partial charge in [-0.3, -0.25) is 9.36 Å². The zero-order valence-corrected chi connectivity index (χ0v) is 26.3. The number of methoxy groups -OCH3 is 2. The second-order valence-corrected chi connectivity index (χ2v) is 11.9. The number of hydrogen-bond donors (Lipinski definition) is 0. The summed E-state index contributed by atoms with van der Waals surface area (Å²) < 4.78 is 18.5. The van der Waals surface area contributed by atoms with Crippen molar-refractivity contribution in [1.82, 2.24) is 4.57 Å². The van der Waals surface area contributed by atoms with Crippen LogP contribution in [-0.4, -0.2) is 24.8 Å². The Morgan fingerprint density at radius 3 is 2.33 bits per heavy atom. The number of rotatable bonds is 7. The van der Waals surface area contributed by atoms with Crippen LogP contribution < -0.4 is 24.4 Å². The number of thiazole rings is 1. The Labute approximate surface area is 264 Å². The van der Waals surface area contributed by atoms with Crippen molar-refractivity contribution in [3.05, 3.63) is 122 Å². The predicted molar refractivity (Wildman–Crippen MR) is 166 cm³/mol. The van der Waals surface area contributed by atoms with E-state index in [-0.39, 0.29) is 17.7 Å². The highest BCUT2D eigenvalue weighted by Gasteiger charge is 2.35. The lowest BCUT2D eigenvalue weighted by Crippen LogP contribution is -2.40. The largest absolute Gasteiger partial charge is 0.496 e. The third-order valence-corrected chi connectivity index (χ3v) is 8.61. The van der Waals surface area contributed by atoms with Crippen LogP contribution in [0.3, 0.4) is 0 Å². The van der Waals surface area contributed by atoms with Crippen LogP contribution in [0.5, 0.6) is 11.5 Å². The molecule has 1 aliphatic rings. The molecule has 0 N–H and O–H groups in total. The molecule has 7 nitrogen and oxygen atoms in total. The first-order valence-corrected chi connectivity index (χ1v) is 14.7. The fourth-order valence-corrected chi connectivity index (χ4v) is 6.47. The third-order valence-electron chi connectivity index (χ3n) is 6.57. The van der Waals surface area contributed by atoms with Crippen LogP contribution in [0.2, 0.25) is 20.1 Å². The van der Waals surface area contributed by atoms with Gasteiger partial charge in [-0.15, -0.1) is 0 Å². The van der Waals surface area contributed by atoms with Crippen molar-refractivity contribution in [2.75, 3.05) is 14.2 Å². The van der Waals surface area contributed by atoms with Crippen LogP contribution in [0.4, 0.5) is 0 Å². The molecule has 0 spiro atoms. The standard InChI is InChI=1S/C30H22Cl4N2O5S/c1-15-26(29(38)40-3)27(21-12-19(32)7-9-24(21)39-2)36-28(37)25(42-30(36)35-15)11-17-10-18(31)6-8-23(17)41-14-16-4-5-20(33)13-22(16)34/h4-13,27H,14H2,1-3H3/b25-11-/t27-/m1/s1. The number of aromatic nitrogens is 1. The van der Waals surface area contributed by atoms with E-state index in [1.165, 1.54) is 18.8 Å². The maximum absolute atomic E-state index is 14.0. The summed E-state index contributed by atoms with van der Waals surface area (Å²) >= 11 is 26.2. The number of benzene rings is 3. The number of carbonyl (C=O) groups excluding carboxylic acids is 1. The predicted octanol–water partition coefficient (Wildman–Crippen LogP) is 6.61. The Morgan fingerprint density at radius 2 is 1.64 bits per heavy atom. The van der Waals surface area contributed by atoms with Gasteiger partial charge >= 0.3 is 5.97 Å². The molecule has 0 saturated heterocycles. The number of fused-ring (bicyclic) bond motifs is 1. The third kappa shape index (κ3) is 5.96. The van der Waals surface area contributed by atoms with E-state index < -0.39 is 12.0 Å². The molecule has 0 saturated carbocycles. The Morgan fingerprint density at radius 1 is 0.976 bits per heavy atom. The number of halogens is 4. The normalized spacial score (nSPS) is 14.8. The number of nitrogens with zero attached hydrogens (tertiary/aromatic N) is 2. The lowest BCUT2D eigenvalue weighted by molar-refractivity contribution is -0.136. The molecular weight excluding hydrogens is 642 g/mol. The number of carbonyl (C=O) groups is 1. The fourth-order valence-electron chi connectivity index (χ4n) is 4.60. The molecule has 42 heavy (non-hydrogen) atoms. The quantitative estimate of drug-likeness (QED) is 0.208. The van der Waals surface area contributed by atoms with Crippen LogP contribution in [-0.2, 0) is 16.1 Å². The first-order chi connectivity index (χ1) is 20.1. The average Bonchev–Trinajstić information content (AvgIpc) is 3.26. The first kappa shape index (κ1) is 30.2. The van der Waals surface area contributed by atoms with Crippen LogP contribution in [0.25, 0.3) is 6.08 Å². The first-order valence-electron chi connectivity index (χ1n) is 12.4. The van der Waals surface area contributed by atoms with E-state index in [1.54, 1.807) is 67.6 Å². The summed E-state index contributed by atoms with van der Waals surface area (Å²) in [5.41, 5.74) is 2.04. The molecule has 12 heteroatoms. The Kier molecular flexibility index (Phi) is 9.01. The monoisotopic (exact) mass is 662 g/mol. The number of ether oxygens (including phenoxy) is 3. The molecule has 4 aromatic rings. The summed E-state index contributed by atoms with van der Waals surface area (Å²) in [5, 5.41) is 1.86. The minimum atomic E-state index is -0.897. The van der Waals surface area contributed by atoms with E-state index in [0.29, 0.717) is 57.7 Å². The average molecular weight is 664 g/mol. The van der Waals surface area contributed by atoms with E-state index >= 15 is 0 Å². The summed E-state index contributed by atoms with van der Waals surface area (Å²) in [6.07, 6.45) is 1.68. The molecule has 0 unspecified atom stereocenters. The van der Waals surface area contributed by atoms with Crippen molar-refractivity contribution in [2.45, 2.75) is 19.6 Å². The molecule has 1 aliphatic heterocycles. The molecule has 3 aromatic carbocycles. The molecule has 0 aliphatic carbocycles. The highest BCUT2D eigenvalue weighted by molar-refractivity contribution is 7.07. The Bertz CT molecular complexity index is 1930. The van der Waals surface area contributed by atoms with Crippen molar-refractivity contribution in [3.8, 4) is 11.5 Å². The van der Waals surface area contributed by atoms with E-state index in [2.05, 4.69) is 4.99 Å². The fraction of sp³-hybridized carbons (Fsp3) is 0.167.